The van der Waals surface area contributed by atoms with E-state index in [0.29, 0.717) is 17.5 Å². The molecule has 3 rings (SSSR count). The summed E-state index contributed by atoms with van der Waals surface area (Å²) in [6, 6.07) is 5.60. The standard InChI is InChI=1S/C15H17F2N3O/c16-12-2-1-11(14(17)9-12)10-21-15-5-8-20(19-15)13-3-6-18-7-4-13/h1-2,5,8-9,13,18H,3-4,6-7,10H2. The minimum Gasteiger partial charge on any atom is -0.472 e. The zero-order chi connectivity index (χ0) is 14.7. The Hall–Kier alpha value is -1.95. The van der Waals surface area contributed by atoms with E-state index in [9.17, 15) is 8.78 Å². The van der Waals surface area contributed by atoms with Crippen molar-refractivity contribution in [2.75, 3.05) is 13.1 Å². The van der Waals surface area contributed by atoms with Crippen molar-refractivity contribution in [1.29, 1.82) is 0 Å². The van der Waals surface area contributed by atoms with Crippen LogP contribution in [-0.4, -0.2) is 22.9 Å². The van der Waals surface area contributed by atoms with Gasteiger partial charge in [-0.05, 0) is 38.1 Å². The summed E-state index contributed by atoms with van der Waals surface area (Å²) >= 11 is 0. The second-order valence-corrected chi connectivity index (χ2v) is 5.14. The molecule has 0 unspecified atom stereocenters. The first-order valence-corrected chi connectivity index (χ1v) is 7.05. The van der Waals surface area contributed by atoms with Crippen LogP contribution in [0.5, 0.6) is 5.88 Å². The lowest BCUT2D eigenvalue weighted by molar-refractivity contribution is 0.274. The van der Waals surface area contributed by atoms with Gasteiger partial charge in [0.15, 0.2) is 0 Å². The zero-order valence-corrected chi connectivity index (χ0v) is 11.6. The molecule has 6 heteroatoms. The molecule has 0 amide bonds. The number of hydrogen-bond donors (Lipinski definition) is 1. The van der Waals surface area contributed by atoms with Crippen molar-refractivity contribution in [3.63, 3.8) is 0 Å². The quantitative estimate of drug-likeness (QED) is 0.942. The van der Waals surface area contributed by atoms with Crippen molar-refractivity contribution >= 4 is 0 Å². The van der Waals surface area contributed by atoms with Crippen LogP contribution < -0.4 is 10.1 Å². The highest BCUT2D eigenvalue weighted by molar-refractivity contribution is 5.18. The normalized spacial score (nSPS) is 16.1. The lowest BCUT2D eigenvalue weighted by atomic mass is 10.1. The van der Waals surface area contributed by atoms with E-state index < -0.39 is 11.6 Å². The van der Waals surface area contributed by atoms with Gasteiger partial charge in [0.1, 0.15) is 18.2 Å². The van der Waals surface area contributed by atoms with E-state index in [-0.39, 0.29) is 6.61 Å². The number of piperidine rings is 1. The van der Waals surface area contributed by atoms with Gasteiger partial charge in [-0.1, -0.05) is 0 Å². The van der Waals surface area contributed by atoms with Crippen LogP contribution in [-0.2, 0) is 6.61 Å². The Balaban J connectivity index is 1.61. The molecule has 1 fully saturated rings. The fourth-order valence-electron chi connectivity index (χ4n) is 2.46. The lowest BCUT2D eigenvalue weighted by Gasteiger charge is -2.22. The minimum absolute atomic E-state index is 0.0371. The molecule has 1 N–H and O–H groups in total. The second kappa shape index (κ2) is 6.22. The highest BCUT2D eigenvalue weighted by Crippen LogP contribution is 2.20. The number of aromatic nitrogens is 2. The molecule has 0 bridgehead atoms. The first kappa shape index (κ1) is 14.0. The summed E-state index contributed by atoms with van der Waals surface area (Å²) in [4.78, 5) is 0. The van der Waals surface area contributed by atoms with Crippen LogP contribution in [0.1, 0.15) is 24.4 Å². The van der Waals surface area contributed by atoms with Crippen LogP contribution in [0.2, 0.25) is 0 Å². The van der Waals surface area contributed by atoms with E-state index in [2.05, 4.69) is 10.4 Å². The van der Waals surface area contributed by atoms with Crippen LogP contribution in [0.15, 0.2) is 30.5 Å². The molecule has 0 saturated carbocycles. The maximum atomic E-state index is 13.5. The number of rotatable bonds is 4. The van der Waals surface area contributed by atoms with Crippen molar-refractivity contribution in [3.8, 4) is 5.88 Å². The molecule has 1 aliphatic heterocycles. The monoisotopic (exact) mass is 293 g/mol. The molecule has 4 nitrogen and oxygen atoms in total. The Morgan fingerprint density at radius 1 is 1.24 bits per heavy atom. The maximum absolute atomic E-state index is 13.5. The summed E-state index contributed by atoms with van der Waals surface area (Å²) in [6.45, 7) is 2.01. The molecule has 0 atom stereocenters. The third-order valence-electron chi connectivity index (χ3n) is 3.66. The van der Waals surface area contributed by atoms with Gasteiger partial charge in [-0.25, -0.2) is 8.78 Å². The summed E-state index contributed by atoms with van der Waals surface area (Å²) in [7, 11) is 0. The highest BCUT2D eigenvalue weighted by atomic mass is 19.1. The topological polar surface area (TPSA) is 39.1 Å². The van der Waals surface area contributed by atoms with Crippen molar-refractivity contribution < 1.29 is 13.5 Å². The van der Waals surface area contributed by atoms with Gasteiger partial charge >= 0.3 is 0 Å². The predicted octanol–water partition coefficient (Wildman–Crippen LogP) is 2.66. The van der Waals surface area contributed by atoms with E-state index in [1.165, 1.54) is 12.1 Å². The van der Waals surface area contributed by atoms with Crippen molar-refractivity contribution in [1.82, 2.24) is 15.1 Å². The van der Waals surface area contributed by atoms with Gasteiger partial charge in [0.2, 0.25) is 5.88 Å². The van der Waals surface area contributed by atoms with Gasteiger partial charge in [0.05, 0.1) is 6.04 Å². The number of halogens is 2. The smallest absolute Gasteiger partial charge is 0.233 e. The average Bonchev–Trinajstić information content (AvgIpc) is 2.96. The van der Waals surface area contributed by atoms with E-state index >= 15 is 0 Å². The average molecular weight is 293 g/mol. The summed E-state index contributed by atoms with van der Waals surface area (Å²) < 4.78 is 33.7. The first-order chi connectivity index (χ1) is 10.2. The molecule has 2 heterocycles. The molecular formula is C15H17F2N3O. The van der Waals surface area contributed by atoms with Crippen molar-refractivity contribution in [2.24, 2.45) is 0 Å². The molecule has 0 spiro atoms. The molecule has 1 aliphatic rings. The van der Waals surface area contributed by atoms with Gasteiger partial charge < -0.3 is 10.1 Å². The Bertz CT molecular complexity index is 609. The van der Waals surface area contributed by atoms with Gasteiger partial charge in [0, 0.05) is 23.9 Å². The number of nitrogens with one attached hydrogen (secondary N) is 1. The first-order valence-electron chi connectivity index (χ1n) is 7.05. The molecular weight excluding hydrogens is 276 g/mol. The van der Waals surface area contributed by atoms with E-state index in [4.69, 9.17) is 4.74 Å². The van der Waals surface area contributed by atoms with E-state index in [0.717, 1.165) is 32.0 Å². The Morgan fingerprint density at radius 2 is 2.05 bits per heavy atom. The van der Waals surface area contributed by atoms with Crippen LogP contribution in [0.3, 0.4) is 0 Å². The van der Waals surface area contributed by atoms with Gasteiger partial charge in [-0.15, -0.1) is 5.10 Å². The number of ether oxygens (including phenoxy) is 1. The van der Waals surface area contributed by atoms with Gasteiger partial charge in [0.25, 0.3) is 0 Å². The van der Waals surface area contributed by atoms with Crippen LogP contribution >= 0.6 is 0 Å². The third kappa shape index (κ3) is 3.39. The predicted molar refractivity (Wildman–Crippen MR) is 74.1 cm³/mol. The van der Waals surface area contributed by atoms with Crippen LogP contribution in [0.25, 0.3) is 0 Å². The van der Waals surface area contributed by atoms with Gasteiger partial charge in [-0.3, -0.25) is 4.68 Å². The Labute approximate surface area is 121 Å². The molecule has 21 heavy (non-hydrogen) atoms. The molecule has 0 aliphatic carbocycles. The molecule has 112 valence electrons. The second-order valence-electron chi connectivity index (χ2n) is 5.14. The summed E-state index contributed by atoms with van der Waals surface area (Å²) in [5, 5.41) is 7.67. The molecule has 1 saturated heterocycles. The highest BCUT2D eigenvalue weighted by Gasteiger charge is 2.16. The molecule has 1 aromatic carbocycles. The SMILES string of the molecule is Fc1ccc(COc2ccn(C3CCNCC3)n2)c(F)c1. The Kier molecular flexibility index (Phi) is 4.15. The van der Waals surface area contributed by atoms with Gasteiger partial charge in [-0.2, -0.15) is 0 Å². The fraction of sp³-hybridized carbons (Fsp3) is 0.400. The largest absolute Gasteiger partial charge is 0.472 e. The van der Waals surface area contributed by atoms with E-state index in [1.807, 2.05) is 10.9 Å². The summed E-state index contributed by atoms with van der Waals surface area (Å²) in [5.74, 6) is -0.739. The van der Waals surface area contributed by atoms with Crippen molar-refractivity contribution in [3.05, 3.63) is 47.7 Å². The fourth-order valence-corrected chi connectivity index (χ4v) is 2.46. The molecule has 1 aromatic heterocycles. The summed E-state index contributed by atoms with van der Waals surface area (Å²) in [5.41, 5.74) is 0.313. The van der Waals surface area contributed by atoms with Crippen LogP contribution in [0.4, 0.5) is 8.78 Å². The Morgan fingerprint density at radius 3 is 2.81 bits per heavy atom. The number of hydrogen-bond acceptors (Lipinski definition) is 3. The minimum atomic E-state index is -0.604. The zero-order valence-electron chi connectivity index (χ0n) is 11.6. The number of nitrogens with zero attached hydrogens (tertiary/aromatic N) is 2. The number of benzene rings is 1. The van der Waals surface area contributed by atoms with Crippen molar-refractivity contribution in [2.45, 2.75) is 25.5 Å². The van der Waals surface area contributed by atoms with E-state index in [1.54, 1.807) is 6.07 Å². The molecule has 2 aromatic rings. The van der Waals surface area contributed by atoms with Crippen LogP contribution in [0, 0.1) is 11.6 Å². The lowest BCUT2D eigenvalue weighted by Crippen LogP contribution is -2.29. The maximum Gasteiger partial charge on any atom is 0.233 e. The summed E-state index contributed by atoms with van der Waals surface area (Å²) in [6.07, 6.45) is 3.95. The molecule has 0 radical (unpaired) electrons. The third-order valence-corrected chi connectivity index (χ3v) is 3.66.